The summed E-state index contributed by atoms with van der Waals surface area (Å²) in [5, 5.41) is 9.00. The molecule has 0 aromatic heterocycles. The highest BCUT2D eigenvalue weighted by Gasteiger charge is 1.80. The quantitative estimate of drug-likeness (QED) is 0.589. The highest BCUT2D eigenvalue weighted by Crippen LogP contribution is 1.95. The van der Waals surface area contributed by atoms with Crippen LogP contribution in [-0.2, 0) is 0 Å². The summed E-state index contributed by atoms with van der Waals surface area (Å²) in [5.74, 6) is 0. The van der Waals surface area contributed by atoms with Crippen LogP contribution in [0.25, 0.3) is 0 Å². The predicted molar refractivity (Wildman–Crippen MR) is 31.2 cm³/mol. The highest BCUT2D eigenvalue weighted by molar-refractivity contribution is 4.35. The molecule has 0 aromatic carbocycles. The van der Waals surface area contributed by atoms with Crippen molar-refractivity contribution < 1.29 is 22.9 Å². The van der Waals surface area contributed by atoms with Crippen molar-refractivity contribution in [2.75, 3.05) is 6.56 Å². The molecule has 44 valence electrons. The molecule has 1 nitrogen and oxygen atoms in total. The third-order valence-corrected chi connectivity index (χ3v) is 0.243. The van der Waals surface area contributed by atoms with Crippen LogP contribution in [0.2, 0.25) is 0 Å². The summed E-state index contributed by atoms with van der Waals surface area (Å²) in [6.07, 6.45) is -15.6. The van der Waals surface area contributed by atoms with Crippen molar-refractivity contribution in [1.82, 2.24) is 0 Å². The Morgan fingerprint density at radius 2 is 2.43 bits per heavy atom. The standard InChI is InChI=1S/C6H14O/c1-2-3-4-5-6-7/h7H,2-6H2,1H3/i1D3,2D2,3D2,4D2,5D2,6D2. The van der Waals surface area contributed by atoms with Gasteiger partial charge in [-0.15, -0.1) is 0 Å². The molecule has 0 unspecified atom stereocenters. The summed E-state index contributed by atoms with van der Waals surface area (Å²) in [6.45, 7) is -7.48. The molecule has 0 atom stereocenters. The summed E-state index contributed by atoms with van der Waals surface area (Å²) in [6, 6.07) is 0. The van der Waals surface area contributed by atoms with E-state index in [0.29, 0.717) is 0 Å². The fourth-order valence-corrected chi connectivity index (χ4v) is 0.0905. The molecule has 1 heteroatoms. The molecule has 0 spiro atoms. The molecule has 1 N–H and O–H groups in total. The van der Waals surface area contributed by atoms with Crippen LogP contribution in [0, 0.1) is 0 Å². The zero-order valence-corrected chi connectivity index (χ0v) is 3.45. The normalized spacial score (nSPS) is 49.0. The third-order valence-electron chi connectivity index (χ3n) is 0.243. The van der Waals surface area contributed by atoms with Crippen molar-refractivity contribution in [3.63, 3.8) is 0 Å². The first kappa shape index (κ1) is 0.688. The van der Waals surface area contributed by atoms with Crippen LogP contribution >= 0.6 is 0 Å². The largest absolute Gasteiger partial charge is 0.396 e. The Kier molecular flexibility index (Phi) is 0.586. The second-order valence-corrected chi connectivity index (χ2v) is 0.612. The third kappa shape index (κ3) is 5.96. The first-order chi connectivity index (χ1) is 8.25. The lowest BCUT2D eigenvalue weighted by atomic mass is 10.2. The van der Waals surface area contributed by atoms with Gasteiger partial charge in [-0.05, 0) is 6.37 Å². The van der Waals surface area contributed by atoms with Crippen molar-refractivity contribution in [3.8, 4) is 0 Å². The van der Waals surface area contributed by atoms with Gasteiger partial charge in [-0.25, -0.2) is 0 Å². The average Bonchev–Trinajstić information content (AvgIpc) is 2.12. The van der Waals surface area contributed by atoms with Crippen LogP contribution in [-0.4, -0.2) is 11.7 Å². The van der Waals surface area contributed by atoms with Gasteiger partial charge >= 0.3 is 0 Å². The van der Waals surface area contributed by atoms with E-state index in [1.807, 2.05) is 0 Å². The second-order valence-electron chi connectivity index (χ2n) is 0.612. The van der Waals surface area contributed by atoms with Crippen molar-refractivity contribution in [2.45, 2.75) is 32.3 Å². The first-order valence-electron chi connectivity index (χ1n) is 7.97. The van der Waals surface area contributed by atoms with Gasteiger partial charge in [0.2, 0.25) is 0 Å². The Morgan fingerprint density at radius 1 is 1.57 bits per heavy atom. The van der Waals surface area contributed by atoms with Gasteiger partial charge < -0.3 is 5.11 Å². The van der Waals surface area contributed by atoms with E-state index in [1.54, 1.807) is 0 Å². The van der Waals surface area contributed by atoms with E-state index in [2.05, 4.69) is 0 Å². The molecular formula is C6H14O. The smallest absolute Gasteiger partial charge is 0.0564 e. The Morgan fingerprint density at radius 3 is 3.00 bits per heavy atom. The molecule has 0 aliphatic heterocycles. The molecule has 0 aliphatic carbocycles. The van der Waals surface area contributed by atoms with Crippen LogP contribution in [0.5, 0.6) is 0 Å². The van der Waals surface area contributed by atoms with Gasteiger partial charge in [-0.1, -0.05) is 26.0 Å². The lowest BCUT2D eigenvalue weighted by Crippen LogP contribution is -1.80. The zero-order valence-electron chi connectivity index (χ0n) is 16.4. The molecule has 0 saturated heterocycles. The highest BCUT2D eigenvalue weighted by atomic mass is 16.2. The molecule has 0 saturated carbocycles. The van der Waals surface area contributed by atoms with E-state index >= 15 is 0 Å². The minimum Gasteiger partial charge on any atom is -0.396 e. The number of aliphatic hydroxyl groups is 1. The fourth-order valence-electron chi connectivity index (χ4n) is 0.0905. The van der Waals surface area contributed by atoms with Crippen LogP contribution < -0.4 is 0 Å². The lowest BCUT2D eigenvalue weighted by molar-refractivity contribution is 0.283. The zero-order chi connectivity index (χ0) is 17.0. The maximum absolute atomic E-state index is 9.00. The second kappa shape index (κ2) is 5.96. The SMILES string of the molecule is [2H]C([2H])([2H])C([2H])([2H])C([2H])([2H])C([2H])([2H])C([2H])([2H])C([2H])([2H])O. The molecule has 0 aromatic rings. The van der Waals surface area contributed by atoms with Gasteiger partial charge in [-0.2, -0.15) is 0 Å². The Labute approximate surface area is 63.6 Å². The number of hydrogen-bond acceptors (Lipinski definition) is 1. The molecule has 0 radical (unpaired) electrons. The summed E-state index contributed by atoms with van der Waals surface area (Å²) < 4.78 is 92.6. The predicted octanol–water partition coefficient (Wildman–Crippen LogP) is 1.56. The summed E-state index contributed by atoms with van der Waals surface area (Å²) in [7, 11) is 0. The Balaban J connectivity index is 6.08. The van der Waals surface area contributed by atoms with Gasteiger partial charge in [0.25, 0.3) is 0 Å². The molecular weight excluding hydrogens is 88.1 g/mol. The molecule has 0 amide bonds. The average molecular weight is 115 g/mol. The summed E-state index contributed by atoms with van der Waals surface area (Å²) in [5.41, 5.74) is 0. The Hall–Kier alpha value is -0.0400. The lowest BCUT2D eigenvalue weighted by Gasteiger charge is -1.90. The van der Waals surface area contributed by atoms with Crippen molar-refractivity contribution in [1.29, 1.82) is 0 Å². The molecule has 7 heavy (non-hydrogen) atoms. The van der Waals surface area contributed by atoms with E-state index in [4.69, 9.17) is 22.9 Å². The van der Waals surface area contributed by atoms with Crippen molar-refractivity contribution in [3.05, 3.63) is 0 Å². The maximum atomic E-state index is 9.00. The number of hydrogen-bond donors (Lipinski definition) is 1. The maximum Gasteiger partial charge on any atom is 0.0564 e. The first-order valence-corrected chi connectivity index (χ1v) is 1.47. The topological polar surface area (TPSA) is 20.2 Å². The minimum atomic E-state index is -3.98. The van der Waals surface area contributed by atoms with Crippen LogP contribution in [0.4, 0.5) is 0 Å². The van der Waals surface area contributed by atoms with E-state index in [1.165, 1.54) is 0 Å². The molecule has 0 fully saturated rings. The fraction of sp³-hybridized carbons (Fsp3) is 1.00. The summed E-state index contributed by atoms with van der Waals surface area (Å²) >= 11 is 0. The van der Waals surface area contributed by atoms with Crippen LogP contribution in [0.3, 0.4) is 0 Å². The van der Waals surface area contributed by atoms with Gasteiger partial charge in [0.05, 0.1) is 2.74 Å². The van der Waals surface area contributed by atoms with E-state index < -0.39 is 38.9 Å². The molecule has 0 heterocycles. The van der Waals surface area contributed by atoms with Crippen LogP contribution in [0.1, 0.15) is 50.2 Å². The van der Waals surface area contributed by atoms with Crippen molar-refractivity contribution >= 4 is 0 Å². The molecule has 0 aliphatic rings. The monoisotopic (exact) mass is 115 g/mol. The molecule has 0 bridgehead atoms. The van der Waals surface area contributed by atoms with Gasteiger partial charge in [0.1, 0.15) is 0 Å². The van der Waals surface area contributed by atoms with Crippen LogP contribution in [0.15, 0.2) is 0 Å². The van der Waals surface area contributed by atoms with E-state index in [9.17, 15) is 0 Å². The van der Waals surface area contributed by atoms with E-state index in [-0.39, 0.29) is 0 Å². The Bertz CT molecular complexity index is 324. The van der Waals surface area contributed by atoms with E-state index in [0.717, 1.165) is 0 Å². The van der Waals surface area contributed by atoms with Crippen molar-refractivity contribution in [2.24, 2.45) is 0 Å². The van der Waals surface area contributed by atoms with Gasteiger partial charge in [-0.3, -0.25) is 0 Å². The summed E-state index contributed by atoms with van der Waals surface area (Å²) in [4.78, 5) is 0. The molecule has 0 rings (SSSR count). The number of rotatable bonds is 4. The van der Waals surface area contributed by atoms with Gasteiger partial charge in [0.15, 0.2) is 0 Å². The van der Waals surface area contributed by atoms with Gasteiger partial charge in [0, 0.05) is 21.6 Å². The minimum absolute atomic E-state index is 3.62.